The molecular weight excluding hydrogens is 136 g/mol. The van der Waals surface area contributed by atoms with E-state index in [2.05, 4.69) is 5.32 Å². The molecule has 1 atom stereocenters. The van der Waals surface area contributed by atoms with Gasteiger partial charge in [0, 0.05) is 0 Å². The standard InChI is InChI=1S/C5H8N2O3/c1-7-4(5(6)10)3(9)2-8/h4,7,9H,1H3,(H2,6,10). The first-order chi connectivity index (χ1) is 4.63. The fourth-order valence-electron chi connectivity index (χ4n) is 0.473. The average molecular weight is 144 g/mol. The van der Waals surface area contributed by atoms with E-state index in [1.54, 1.807) is 0 Å². The van der Waals surface area contributed by atoms with Crippen molar-refractivity contribution in [2.45, 2.75) is 6.04 Å². The van der Waals surface area contributed by atoms with Gasteiger partial charge < -0.3 is 16.2 Å². The number of hydrogen-bond acceptors (Lipinski definition) is 4. The van der Waals surface area contributed by atoms with Crippen LogP contribution < -0.4 is 11.1 Å². The highest BCUT2D eigenvalue weighted by molar-refractivity contribution is 5.85. The van der Waals surface area contributed by atoms with Crippen LogP contribution in [0.5, 0.6) is 0 Å². The number of amides is 1. The van der Waals surface area contributed by atoms with Crippen LogP contribution >= 0.6 is 0 Å². The first-order valence-electron chi connectivity index (χ1n) is 2.54. The van der Waals surface area contributed by atoms with E-state index in [1.807, 2.05) is 0 Å². The van der Waals surface area contributed by atoms with Gasteiger partial charge in [0.25, 0.3) is 0 Å². The van der Waals surface area contributed by atoms with Gasteiger partial charge in [-0.3, -0.25) is 4.79 Å². The Hall–Kier alpha value is -1.32. The molecule has 0 aliphatic carbocycles. The molecule has 0 spiro atoms. The maximum atomic E-state index is 10.3. The summed E-state index contributed by atoms with van der Waals surface area (Å²) >= 11 is 0. The highest BCUT2D eigenvalue weighted by atomic mass is 16.3. The van der Waals surface area contributed by atoms with Crippen LogP contribution in [-0.4, -0.2) is 30.0 Å². The molecule has 4 N–H and O–H groups in total. The van der Waals surface area contributed by atoms with Crippen LogP contribution in [0.1, 0.15) is 0 Å². The first-order valence-corrected chi connectivity index (χ1v) is 2.54. The van der Waals surface area contributed by atoms with Gasteiger partial charge in [0.1, 0.15) is 0 Å². The predicted octanol–water partition coefficient (Wildman–Crippen LogP) is -1.67. The van der Waals surface area contributed by atoms with Crippen LogP contribution in [0.4, 0.5) is 0 Å². The smallest absolute Gasteiger partial charge is 0.243 e. The van der Waals surface area contributed by atoms with E-state index in [0.717, 1.165) is 5.94 Å². The molecule has 0 aliphatic heterocycles. The molecule has 0 saturated carbocycles. The van der Waals surface area contributed by atoms with Gasteiger partial charge in [0.05, 0.1) is 0 Å². The summed E-state index contributed by atoms with van der Waals surface area (Å²) in [5, 5.41) is 10.9. The van der Waals surface area contributed by atoms with E-state index in [4.69, 9.17) is 10.8 Å². The quantitative estimate of drug-likeness (QED) is 0.326. The summed E-state index contributed by atoms with van der Waals surface area (Å²) in [5.41, 5.74) is 4.76. The van der Waals surface area contributed by atoms with Gasteiger partial charge >= 0.3 is 0 Å². The molecule has 0 aliphatic rings. The van der Waals surface area contributed by atoms with E-state index in [9.17, 15) is 9.59 Å². The SMILES string of the molecule is CNC(C(N)=O)C(O)=C=O. The Labute approximate surface area is 57.5 Å². The minimum Gasteiger partial charge on any atom is -0.500 e. The Balaban J connectivity index is 4.36. The number of nitrogens with one attached hydrogen (secondary N) is 1. The molecule has 5 heteroatoms. The zero-order chi connectivity index (χ0) is 8.15. The lowest BCUT2D eigenvalue weighted by Crippen LogP contribution is -2.40. The summed E-state index contributed by atoms with van der Waals surface area (Å²) in [6.07, 6.45) is 0. The number of aliphatic hydroxyl groups is 1. The van der Waals surface area contributed by atoms with E-state index in [-0.39, 0.29) is 0 Å². The van der Waals surface area contributed by atoms with Crippen molar-refractivity contribution < 1.29 is 14.7 Å². The predicted molar refractivity (Wildman–Crippen MR) is 33.9 cm³/mol. The summed E-state index contributed by atoms with van der Waals surface area (Å²) in [6.45, 7) is 0. The Morgan fingerprint density at radius 3 is 2.40 bits per heavy atom. The van der Waals surface area contributed by atoms with Crippen molar-refractivity contribution in [1.82, 2.24) is 5.32 Å². The fourth-order valence-corrected chi connectivity index (χ4v) is 0.473. The summed E-state index contributed by atoms with van der Waals surface area (Å²) < 4.78 is 0. The lowest BCUT2D eigenvalue weighted by molar-refractivity contribution is -0.119. The molecule has 56 valence electrons. The van der Waals surface area contributed by atoms with Crippen molar-refractivity contribution in [3.05, 3.63) is 5.76 Å². The topological polar surface area (TPSA) is 92.4 Å². The summed E-state index contributed by atoms with van der Waals surface area (Å²) in [5.74, 6) is -0.387. The normalized spacial score (nSPS) is 11.7. The minimum absolute atomic E-state index is 0.727. The molecule has 1 amide bonds. The lowest BCUT2D eigenvalue weighted by atomic mass is 10.2. The monoisotopic (exact) mass is 144 g/mol. The molecule has 0 saturated heterocycles. The number of likely N-dealkylation sites (N-methyl/N-ethyl adjacent to an activating group) is 1. The summed E-state index contributed by atoms with van der Waals surface area (Å²) in [4.78, 5) is 20.1. The highest BCUT2D eigenvalue weighted by Gasteiger charge is 2.17. The second-order valence-electron chi connectivity index (χ2n) is 1.61. The summed E-state index contributed by atoms with van der Waals surface area (Å²) in [7, 11) is 1.39. The van der Waals surface area contributed by atoms with Crippen LogP contribution in [0, 0.1) is 0 Å². The van der Waals surface area contributed by atoms with Gasteiger partial charge in [0.15, 0.2) is 12.0 Å². The van der Waals surface area contributed by atoms with E-state index < -0.39 is 17.7 Å². The Kier molecular flexibility index (Phi) is 3.17. The van der Waals surface area contributed by atoms with Crippen LogP contribution in [0.15, 0.2) is 5.76 Å². The van der Waals surface area contributed by atoms with Crippen molar-refractivity contribution in [3.8, 4) is 0 Å². The van der Waals surface area contributed by atoms with Crippen molar-refractivity contribution in [3.63, 3.8) is 0 Å². The van der Waals surface area contributed by atoms with E-state index in [1.165, 1.54) is 7.05 Å². The third-order valence-electron chi connectivity index (χ3n) is 0.951. The van der Waals surface area contributed by atoms with E-state index >= 15 is 0 Å². The fraction of sp³-hybridized carbons (Fsp3) is 0.400. The molecule has 10 heavy (non-hydrogen) atoms. The molecule has 0 aromatic heterocycles. The van der Waals surface area contributed by atoms with Crippen LogP contribution in [0.2, 0.25) is 0 Å². The molecule has 5 nitrogen and oxygen atoms in total. The van der Waals surface area contributed by atoms with Crippen molar-refractivity contribution >= 4 is 11.8 Å². The second-order valence-corrected chi connectivity index (χ2v) is 1.61. The lowest BCUT2D eigenvalue weighted by Gasteiger charge is -2.06. The Morgan fingerprint density at radius 1 is 1.80 bits per heavy atom. The number of primary amides is 1. The number of carbonyl (C=O) groups excluding carboxylic acids is 2. The van der Waals surface area contributed by atoms with Gasteiger partial charge in [0.2, 0.25) is 11.7 Å². The first kappa shape index (κ1) is 8.68. The zero-order valence-corrected chi connectivity index (χ0v) is 5.42. The molecular formula is C5H8N2O3. The molecule has 0 fully saturated rings. The summed E-state index contributed by atoms with van der Waals surface area (Å²) in [6, 6.07) is -1.13. The van der Waals surface area contributed by atoms with Crippen LogP contribution in [0.3, 0.4) is 0 Å². The van der Waals surface area contributed by atoms with Gasteiger partial charge in [-0.1, -0.05) is 0 Å². The number of nitrogens with two attached hydrogens (primary N) is 1. The Bertz CT molecular complexity index is 183. The Morgan fingerprint density at radius 2 is 2.30 bits per heavy atom. The molecule has 0 radical (unpaired) electrons. The maximum absolute atomic E-state index is 10.3. The second kappa shape index (κ2) is 3.66. The van der Waals surface area contributed by atoms with E-state index in [0.29, 0.717) is 0 Å². The number of carbonyl (C=O) groups is 1. The molecule has 0 bridgehead atoms. The van der Waals surface area contributed by atoms with Gasteiger partial charge in [-0.15, -0.1) is 0 Å². The number of rotatable bonds is 3. The molecule has 0 rings (SSSR count). The minimum atomic E-state index is -1.13. The molecule has 0 aromatic rings. The zero-order valence-electron chi connectivity index (χ0n) is 5.42. The average Bonchev–Trinajstić information content (AvgIpc) is 1.88. The van der Waals surface area contributed by atoms with Crippen molar-refractivity contribution in [1.29, 1.82) is 0 Å². The third-order valence-corrected chi connectivity index (χ3v) is 0.951. The van der Waals surface area contributed by atoms with Crippen LogP contribution in [-0.2, 0) is 9.59 Å². The molecule has 0 aromatic carbocycles. The molecule has 0 heterocycles. The maximum Gasteiger partial charge on any atom is 0.243 e. The number of hydrogen-bond donors (Lipinski definition) is 3. The van der Waals surface area contributed by atoms with Gasteiger partial charge in [-0.2, -0.15) is 0 Å². The van der Waals surface area contributed by atoms with Crippen LogP contribution in [0.25, 0.3) is 0 Å². The van der Waals surface area contributed by atoms with Gasteiger partial charge in [-0.25, -0.2) is 4.79 Å². The third kappa shape index (κ3) is 1.89. The van der Waals surface area contributed by atoms with Crippen molar-refractivity contribution in [2.24, 2.45) is 5.73 Å². The largest absolute Gasteiger partial charge is 0.500 e. The number of aliphatic hydroxyl groups excluding tert-OH is 1. The highest BCUT2D eigenvalue weighted by Crippen LogP contribution is 1.89. The molecule has 1 unspecified atom stereocenters. The van der Waals surface area contributed by atoms with Gasteiger partial charge in [-0.05, 0) is 7.05 Å². The van der Waals surface area contributed by atoms with Crippen molar-refractivity contribution in [2.75, 3.05) is 7.05 Å².